The normalized spacial score (nSPS) is 10.5. The number of phenols is 2. The Hall–Kier alpha value is -3.73. The van der Waals surface area contributed by atoms with E-state index in [2.05, 4.69) is 13.0 Å². The van der Waals surface area contributed by atoms with Crippen LogP contribution in [0, 0.1) is 0 Å². The van der Waals surface area contributed by atoms with E-state index >= 15 is 0 Å². The molecule has 0 aliphatic carbocycles. The number of benzene rings is 3. The molecular weight excluding hydrogens is 428 g/mol. The minimum absolute atomic E-state index is 0.208. The molecule has 3 aromatic carbocycles. The lowest BCUT2D eigenvalue weighted by Crippen LogP contribution is -2.06. The van der Waals surface area contributed by atoms with E-state index in [9.17, 15) is 15.0 Å². The maximum Gasteiger partial charge on any atom is 0.305 e. The molecule has 5 nitrogen and oxygen atoms in total. The van der Waals surface area contributed by atoms with Crippen molar-refractivity contribution in [1.82, 2.24) is 0 Å². The molecule has 0 amide bonds. The molecule has 0 unspecified atom stereocenters. The lowest BCUT2D eigenvalue weighted by Gasteiger charge is -2.18. The van der Waals surface area contributed by atoms with Gasteiger partial charge in [0.05, 0.1) is 13.2 Å². The van der Waals surface area contributed by atoms with Crippen LogP contribution in [0.2, 0.25) is 0 Å². The summed E-state index contributed by atoms with van der Waals surface area (Å²) < 4.78 is 10.9. The van der Waals surface area contributed by atoms with Gasteiger partial charge in [0.1, 0.15) is 17.2 Å². The van der Waals surface area contributed by atoms with Crippen molar-refractivity contribution in [2.75, 3.05) is 13.2 Å². The van der Waals surface area contributed by atoms with Crippen LogP contribution in [0.1, 0.15) is 56.2 Å². The van der Waals surface area contributed by atoms with Crippen LogP contribution >= 0.6 is 0 Å². The van der Waals surface area contributed by atoms with Crippen LogP contribution in [0.3, 0.4) is 0 Å². The number of phenolic OH excluding ortho intramolecular Hbond substituents is 2. The fourth-order valence-electron chi connectivity index (χ4n) is 3.85. The quantitative estimate of drug-likeness (QED) is 0.192. The number of allylic oxidation sites excluding steroid dienone is 1. The molecule has 0 fully saturated rings. The van der Waals surface area contributed by atoms with Gasteiger partial charge in [-0.25, -0.2) is 0 Å². The van der Waals surface area contributed by atoms with E-state index in [1.54, 1.807) is 31.2 Å². The number of esters is 1. The third-order valence-electron chi connectivity index (χ3n) is 5.40. The maximum atomic E-state index is 11.5. The van der Waals surface area contributed by atoms with E-state index in [0.717, 1.165) is 46.4 Å². The molecule has 0 spiro atoms. The highest BCUT2D eigenvalue weighted by Gasteiger charge is 2.15. The first-order valence-electron chi connectivity index (χ1n) is 11.7. The van der Waals surface area contributed by atoms with E-state index in [4.69, 9.17) is 9.47 Å². The smallest absolute Gasteiger partial charge is 0.305 e. The first-order chi connectivity index (χ1) is 16.5. The van der Waals surface area contributed by atoms with Gasteiger partial charge in [-0.3, -0.25) is 4.79 Å². The maximum absolute atomic E-state index is 11.5. The molecule has 0 saturated carbocycles. The second kappa shape index (κ2) is 12.5. The minimum Gasteiger partial charge on any atom is -0.508 e. The van der Waals surface area contributed by atoms with Crippen molar-refractivity contribution in [2.24, 2.45) is 0 Å². The van der Waals surface area contributed by atoms with Crippen LogP contribution in [-0.4, -0.2) is 29.4 Å². The minimum atomic E-state index is -0.208. The van der Waals surface area contributed by atoms with Crippen LogP contribution in [0.15, 0.2) is 72.8 Å². The summed E-state index contributed by atoms with van der Waals surface area (Å²) in [4.78, 5) is 11.5. The largest absolute Gasteiger partial charge is 0.508 e. The highest BCUT2D eigenvalue weighted by Crippen LogP contribution is 2.37. The first kappa shape index (κ1) is 24.9. The third-order valence-corrected chi connectivity index (χ3v) is 5.40. The van der Waals surface area contributed by atoms with E-state index in [-0.39, 0.29) is 17.5 Å². The van der Waals surface area contributed by atoms with Crippen molar-refractivity contribution >= 4 is 17.1 Å². The summed E-state index contributed by atoms with van der Waals surface area (Å²) in [5.41, 5.74) is 5.19. The standard InChI is InChI=1S/C29H32O5/c1-3-7-27(23-8-5-9-26(20-23)34-19-6-10-28(32)33-4-2)29(21-11-15-24(30)16-12-21)22-13-17-25(31)18-14-22/h5,8-9,11-18,20,30-31H,3-4,6-7,10,19H2,1-2H3. The third kappa shape index (κ3) is 6.88. The van der Waals surface area contributed by atoms with Gasteiger partial charge in [0, 0.05) is 6.42 Å². The van der Waals surface area contributed by atoms with Gasteiger partial charge in [0.25, 0.3) is 0 Å². The van der Waals surface area contributed by atoms with Crippen molar-refractivity contribution in [3.63, 3.8) is 0 Å². The lowest BCUT2D eigenvalue weighted by atomic mass is 9.87. The molecule has 0 heterocycles. The van der Waals surface area contributed by atoms with Crippen molar-refractivity contribution < 1.29 is 24.5 Å². The molecule has 2 N–H and O–H groups in total. The molecule has 0 aliphatic heterocycles. The molecule has 0 radical (unpaired) electrons. The number of carbonyl (C=O) groups excluding carboxylic acids is 1. The van der Waals surface area contributed by atoms with Crippen molar-refractivity contribution in [3.05, 3.63) is 89.5 Å². The van der Waals surface area contributed by atoms with E-state index in [1.807, 2.05) is 42.5 Å². The fraction of sp³-hybridized carbons (Fsp3) is 0.276. The van der Waals surface area contributed by atoms with Crippen LogP contribution in [0.4, 0.5) is 0 Å². The second-order valence-corrected chi connectivity index (χ2v) is 7.98. The summed E-state index contributed by atoms with van der Waals surface area (Å²) in [6, 6.07) is 22.3. The molecule has 0 atom stereocenters. The summed E-state index contributed by atoms with van der Waals surface area (Å²) in [6.07, 6.45) is 2.70. The molecular formula is C29H32O5. The van der Waals surface area contributed by atoms with Crippen LogP contribution in [0.25, 0.3) is 11.1 Å². The molecule has 0 aromatic heterocycles. The zero-order chi connectivity index (χ0) is 24.3. The molecule has 0 saturated heterocycles. The summed E-state index contributed by atoms with van der Waals surface area (Å²) in [7, 11) is 0. The predicted molar refractivity (Wildman–Crippen MR) is 135 cm³/mol. The van der Waals surface area contributed by atoms with Crippen molar-refractivity contribution in [3.8, 4) is 17.2 Å². The lowest BCUT2D eigenvalue weighted by molar-refractivity contribution is -0.143. The van der Waals surface area contributed by atoms with Gasteiger partial charge in [-0.2, -0.15) is 0 Å². The average Bonchev–Trinajstić information content (AvgIpc) is 2.84. The number of rotatable bonds is 11. The highest BCUT2D eigenvalue weighted by atomic mass is 16.5. The Labute approximate surface area is 201 Å². The number of hydrogen-bond donors (Lipinski definition) is 2. The zero-order valence-corrected chi connectivity index (χ0v) is 19.8. The summed E-state index contributed by atoms with van der Waals surface area (Å²) >= 11 is 0. The number of carbonyl (C=O) groups is 1. The molecule has 34 heavy (non-hydrogen) atoms. The number of hydrogen-bond acceptors (Lipinski definition) is 5. The summed E-state index contributed by atoms with van der Waals surface area (Å²) in [6.45, 7) is 4.75. The summed E-state index contributed by atoms with van der Waals surface area (Å²) in [5, 5.41) is 19.6. The second-order valence-electron chi connectivity index (χ2n) is 7.98. The number of ether oxygens (including phenoxy) is 2. The van der Waals surface area contributed by atoms with Crippen molar-refractivity contribution in [1.29, 1.82) is 0 Å². The topological polar surface area (TPSA) is 76.0 Å². The van der Waals surface area contributed by atoms with E-state index in [0.29, 0.717) is 26.1 Å². The molecule has 0 aliphatic rings. The Balaban J connectivity index is 1.96. The Morgan fingerprint density at radius 1 is 0.794 bits per heavy atom. The SMILES string of the molecule is CCCC(=C(c1ccc(O)cc1)c1ccc(O)cc1)c1cccc(OCCCC(=O)OCC)c1. The van der Waals surface area contributed by atoms with Gasteiger partial charge < -0.3 is 19.7 Å². The van der Waals surface area contributed by atoms with Crippen LogP contribution in [0.5, 0.6) is 17.2 Å². The number of aromatic hydroxyl groups is 2. The Morgan fingerprint density at radius 2 is 1.41 bits per heavy atom. The molecule has 0 bridgehead atoms. The first-order valence-corrected chi connectivity index (χ1v) is 11.7. The van der Waals surface area contributed by atoms with Gasteiger partial charge in [0.15, 0.2) is 0 Å². The molecule has 5 heteroatoms. The van der Waals surface area contributed by atoms with Gasteiger partial charge in [0.2, 0.25) is 0 Å². The molecule has 178 valence electrons. The van der Waals surface area contributed by atoms with Gasteiger partial charge in [-0.05, 0) is 84.0 Å². The van der Waals surface area contributed by atoms with Gasteiger partial charge in [-0.15, -0.1) is 0 Å². The van der Waals surface area contributed by atoms with Gasteiger partial charge in [-0.1, -0.05) is 49.7 Å². The van der Waals surface area contributed by atoms with E-state index < -0.39 is 0 Å². The molecule has 3 aromatic rings. The average molecular weight is 461 g/mol. The van der Waals surface area contributed by atoms with Crippen molar-refractivity contribution in [2.45, 2.75) is 39.5 Å². The highest BCUT2D eigenvalue weighted by molar-refractivity contribution is 5.98. The molecule has 3 rings (SSSR count). The fourth-order valence-corrected chi connectivity index (χ4v) is 3.85. The van der Waals surface area contributed by atoms with Crippen LogP contribution in [-0.2, 0) is 9.53 Å². The Morgan fingerprint density at radius 3 is 1.97 bits per heavy atom. The predicted octanol–water partition coefficient (Wildman–Crippen LogP) is 6.58. The van der Waals surface area contributed by atoms with E-state index in [1.165, 1.54) is 0 Å². The van der Waals surface area contributed by atoms with Gasteiger partial charge >= 0.3 is 5.97 Å². The van der Waals surface area contributed by atoms with Crippen LogP contribution < -0.4 is 4.74 Å². The Bertz CT molecular complexity index is 1050. The summed E-state index contributed by atoms with van der Waals surface area (Å²) in [5.74, 6) is 0.958. The zero-order valence-electron chi connectivity index (χ0n) is 19.8. The monoisotopic (exact) mass is 460 g/mol. The Kier molecular flexibility index (Phi) is 9.15.